The van der Waals surface area contributed by atoms with E-state index in [1.54, 1.807) is 0 Å². The zero-order valence-electron chi connectivity index (χ0n) is 10.1. The van der Waals surface area contributed by atoms with Gasteiger partial charge in [-0.25, -0.2) is 4.98 Å². The summed E-state index contributed by atoms with van der Waals surface area (Å²) < 4.78 is 2.04. The van der Waals surface area contributed by atoms with Gasteiger partial charge in [0.25, 0.3) is 0 Å². The number of nitrogens with one attached hydrogen (secondary N) is 1. The Balaban J connectivity index is 1.94. The van der Waals surface area contributed by atoms with E-state index in [2.05, 4.69) is 17.2 Å². The highest BCUT2D eigenvalue weighted by Crippen LogP contribution is 2.34. The minimum Gasteiger partial charge on any atom is -0.396 e. The molecule has 16 heavy (non-hydrogen) atoms. The van der Waals surface area contributed by atoms with E-state index in [4.69, 9.17) is 5.11 Å². The van der Waals surface area contributed by atoms with Gasteiger partial charge in [-0.05, 0) is 32.1 Å². The van der Waals surface area contributed by atoms with Gasteiger partial charge in [-0.15, -0.1) is 0 Å². The minimum absolute atomic E-state index is 0.247. The zero-order chi connectivity index (χ0) is 11.5. The molecule has 0 spiro atoms. The highest BCUT2D eigenvalue weighted by molar-refractivity contribution is 4.99. The van der Waals surface area contributed by atoms with Gasteiger partial charge in [0, 0.05) is 32.1 Å². The Hall–Kier alpha value is -0.870. The summed E-state index contributed by atoms with van der Waals surface area (Å²) in [4.78, 5) is 4.35. The average Bonchev–Trinajstić information content (AvgIpc) is 3.00. The van der Waals surface area contributed by atoms with Gasteiger partial charge >= 0.3 is 0 Å². The second kappa shape index (κ2) is 4.97. The monoisotopic (exact) mass is 223 g/mol. The van der Waals surface area contributed by atoms with Gasteiger partial charge in [-0.3, -0.25) is 0 Å². The summed E-state index contributed by atoms with van der Waals surface area (Å²) in [5.41, 5.74) is 0. The highest BCUT2D eigenvalue weighted by atomic mass is 16.3. The van der Waals surface area contributed by atoms with E-state index >= 15 is 0 Å². The molecule has 1 aromatic rings. The number of aliphatic hydroxyl groups is 1. The summed E-state index contributed by atoms with van der Waals surface area (Å²) in [7, 11) is 2.01. The zero-order valence-corrected chi connectivity index (χ0v) is 10.1. The Bertz CT molecular complexity index is 333. The lowest BCUT2D eigenvalue weighted by molar-refractivity contribution is 0.248. The Morgan fingerprint density at radius 3 is 2.88 bits per heavy atom. The number of hydrogen-bond donors (Lipinski definition) is 2. The van der Waals surface area contributed by atoms with Crippen LogP contribution in [0.1, 0.15) is 38.1 Å². The number of aromatic nitrogens is 2. The van der Waals surface area contributed by atoms with Crippen molar-refractivity contribution in [3.8, 4) is 0 Å². The quantitative estimate of drug-likeness (QED) is 0.762. The fraction of sp³-hybridized carbons (Fsp3) is 0.750. The van der Waals surface area contributed by atoms with Crippen LogP contribution < -0.4 is 5.32 Å². The number of rotatable bonds is 6. The van der Waals surface area contributed by atoms with Crippen LogP contribution in [0.15, 0.2) is 12.4 Å². The van der Waals surface area contributed by atoms with Gasteiger partial charge in [0.1, 0.15) is 5.82 Å². The number of aryl methyl sites for hydroxylation is 1. The molecular formula is C12H21N3O. The molecule has 4 heteroatoms. The molecule has 1 aliphatic rings. The van der Waals surface area contributed by atoms with Crippen molar-refractivity contribution in [3.05, 3.63) is 18.2 Å². The molecule has 0 aliphatic heterocycles. The molecule has 1 aliphatic carbocycles. The van der Waals surface area contributed by atoms with Gasteiger partial charge in [-0.1, -0.05) is 0 Å². The van der Waals surface area contributed by atoms with Crippen molar-refractivity contribution in [3.63, 3.8) is 0 Å². The summed E-state index contributed by atoms with van der Waals surface area (Å²) >= 11 is 0. The standard InChI is InChI=1S/C12H21N3O/c1-9(12-13-6-7-15(12)2)14-11(5-8-16)10-3-4-10/h6-7,9-11,14,16H,3-5,8H2,1-2H3. The molecular weight excluding hydrogens is 202 g/mol. The summed E-state index contributed by atoms with van der Waals surface area (Å²) in [6.45, 7) is 2.40. The van der Waals surface area contributed by atoms with E-state index in [0.29, 0.717) is 6.04 Å². The third-order valence-electron chi connectivity index (χ3n) is 3.34. The smallest absolute Gasteiger partial charge is 0.125 e. The molecule has 1 fully saturated rings. The van der Waals surface area contributed by atoms with E-state index in [1.165, 1.54) is 12.8 Å². The maximum atomic E-state index is 9.05. The van der Waals surface area contributed by atoms with E-state index < -0.39 is 0 Å². The molecule has 1 saturated carbocycles. The second-order valence-corrected chi connectivity index (χ2v) is 4.74. The summed E-state index contributed by atoms with van der Waals surface area (Å²) in [6, 6.07) is 0.689. The molecule has 1 heterocycles. The SMILES string of the molecule is CC(NC(CCO)C1CC1)c1nccn1C. The lowest BCUT2D eigenvalue weighted by Gasteiger charge is -2.22. The van der Waals surface area contributed by atoms with Crippen LogP contribution in [0.4, 0.5) is 0 Å². The third-order valence-corrected chi connectivity index (χ3v) is 3.34. The average molecular weight is 223 g/mol. The first-order chi connectivity index (χ1) is 7.72. The van der Waals surface area contributed by atoms with Crippen molar-refractivity contribution in [1.29, 1.82) is 0 Å². The van der Waals surface area contributed by atoms with E-state index in [-0.39, 0.29) is 12.6 Å². The summed E-state index contributed by atoms with van der Waals surface area (Å²) in [5, 5.41) is 12.6. The first kappa shape index (κ1) is 11.6. The Morgan fingerprint density at radius 1 is 1.62 bits per heavy atom. The van der Waals surface area contributed by atoms with Gasteiger partial charge in [0.05, 0.1) is 6.04 Å². The van der Waals surface area contributed by atoms with Crippen molar-refractivity contribution in [2.24, 2.45) is 13.0 Å². The lowest BCUT2D eigenvalue weighted by atomic mass is 10.1. The van der Waals surface area contributed by atoms with Crippen LogP contribution in [0, 0.1) is 5.92 Å². The van der Waals surface area contributed by atoms with Gasteiger partial charge in [-0.2, -0.15) is 0 Å². The Morgan fingerprint density at radius 2 is 2.38 bits per heavy atom. The first-order valence-electron chi connectivity index (χ1n) is 6.06. The van der Waals surface area contributed by atoms with Crippen LogP contribution in [0.3, 0.4) is 0 Å². The fourth-order valence-electron chi connectivity index (χ4n) is 2.28. The predicted octanol–water partition coefficient (Wildman–Crippen LogP) is 1.23. The van der Waals surface area contributed by atoms with Crippen molar-refractivity contribution < 1.29 is 5.11 Å². The first-order valence-corrected chi connectivity index (χ1v) is 6.06. The van der Waals surface area contributed by atoms with Crippen molar-refractivity contribution >= 4 is 0 Å². The van der Waals surface area contributed by atoms with Crippen LogP contribution >= 0.6 is 0 Å². The molecule has 0 radical (unpaired) electrons. The summed E-state index contributed by atoms with van der Waals surface area (Å²) in [6.07, 6.45) is 7.23. The van der Waals surface area contributed by atoms with E-state index in [0.717, 1.165) is 18.2 Å². The predicted molar refractivity (Wildman–Crippen MR) is 63.0 cm³/mol. The number of hydrogen-bond acceptors (Lipinski definition) is 3. The van der Waals surface area contributed by atoms with Gasteiger partial charge < -0.3 is 15.0 Å². The van der Waals surface area contributed by atoms with Crippen LogP contribution in [0.25, 0.3) is 0 Å². The Kier molecular flexibility index (Phi) is 3.61. The van der Waals surface area contributed by atoms with Crippen molar-refractivity contribution in [1.82, 2.24) is 14.9 Å². The number of aliphatic hydroxyl groups excluding tert-OH is 1. The van der Waals surface area contributed by atoms with Gasteiger partial charge in [0.2, 0.25) is 0 Å². The molecule has 4 nitrogen and oxygen atoms in total. The normalized spacial score (nSPS) is 19.7. The molecule has 2 atom stereocenters. The minimum atomic E-state index is 0.247. The third kappa shape index (κ3) is 2.62. The lowest BCUT2D eigenvalue weighted by Crippen LogP contribution is -2.35. The molecule has 2 N–H and O–H groups in total. The second-order valence-electron chi connectivity index (χ2n) is 4.74. The van der Waals surface area contributed by atoms with Crippen LogP contribution in [0.5, 0.6) is 0 Å². The van der Waals surface area contributed by atoms with Gasteiger partial charge in [0.15, 0.2) is 0 Å². The number of nitrogens with zero attached hydrogens (tertiary/aromatic N) is 2. The van der Waals surface area contributed by atoms with E-state index in [9.17, 15) is 0 Å². The molecule has 1 aromatic heterocycles. The van der Waals surface area contributed by atoms with Crippen LogP contribution in [-0.4, -0.2) is 27.3 Å². The fourth-order valence-corrected chi connectivity index (χ4v) is 2.28. The molecule has 2 unspecified atom stereocenters. The maximum absolute atomic E-state index is 9.05. The molecule has 0 saturated heterocycles. The highest BCUT2D eigenvalue weighted by Gasteiger charge is 2.31. The largest absolute Gasteiger partial charge is 0.396 e. The molecule has 0 bridgehead atoms. The van der Waals surface area contributed by atoms with Crippen LogP contribution in [0.2, 0.25) is 0 Å². The summed E-state index contributed by atoms with van der Waals surface area (Å²) in [5.74, 6) is 1.82. The molecule has 90 valence electrons. The Labute approximate surface area is 96.7 Å². The van der Waals surface area contributed by atoms with Crippen molar-refractivity contribution in [2.45, 2.75) is 38.3 Å². The van der Waals surface area contributed by atoms with E-state index in [1.807, 2.05) is 24.0 Å². The molecule has 2 rings (SSSR count). The molecule has 0 aromatic carbocycles. The number of imidazole rings is 1. The molecule has 0 amide bonds. The topological polar surface area (TPSA) is 50.1 Å². The van der Waals surface area contributed by atoms with Crippen molar-refractivity contribution in [2.75, 3.05) is 6.61 Å². The van der Waals surface area contributed by atoms with Crippen LogP contribution in [-0.2, 0) is 7.05 Å². The maximum Gasteiger partial charge on any atom is 0.125 e.